The highest BCUT2D eigenvalue weighted by molar-refractivity contribution is 9.10. The van der Waals surface area contributed by atoms with E-state index in [4.69, 9.17) is 4.74 Å². The summed E-state index contributed by atoms with van der Waals surface area (Å²) in [5, 5.41) is 3.41. The van der Waals surface area contributed by atoms with Crippen LogP contribution in [-0.4, -0.2) is 13.7 Å². The lowest BCUT2D eigenvalue weighted by Crippen LogP contribution is -2.24. The third-order valence-corrected chi connectivity index (χ3v) is 4.22. The number of hydrogen-bond acceptors (Lipinski definition) is 2. The van der Waals surface area contributed by atoms with Gasteiger partial charge in [-0.25, -0.2) is 0 Å². The molecule has 0 spiro atoms. The van der Waals surface area contributed by atoms with E-state index in [1.807, 2.05) is 31.3 Å². The van der Waals surface area contributed by atoms with Gasteiger partial charge in [0.25, 0.3) is 0 Å². The summed E-state index contributed by atoms with van der Waals surface area (Å²) < 4.78 is 6.89. The second-order valence-corrected chi connectivity index (χ2v) is 6.16. The van der Waals surface area contributed by atoms with E-state index in [1.54, 1.807) is 0 Å². The summed E-state index contributed by atoms with van der Waals surface area (Å²) in [6, 6.07) is 18.9. The summed E-state index contributed by atoms with van der Waals surface area (Å²) in [7, 11) is 2.02. The van der Waals surface area contributed by atoms with Crippen molar-refractivity contribution in [3.05, 3.63) is 64.6 Å². The van der Waals surface area contributed by atoms with Gasteiger partial charge in [-0.2, -0.15) is 0 Å². The highest BCUT2D eigenvalue weighted by atomic mass is 79.9. The highest BCUT2D eigenvalue weighted by Gasteiger charge is 2.17. The minimum Gasteiger partial charge on any atom is -0.494 e. The van der Waals surface area contributed by atoms with Gasteiger partial charge in [-0.3, -0.25) is 0 Å². The van der Waals surface area contributed by atoms with Gasteiger partial charge >= 0.3 is 0 Å². The zero-order chi connectivity index (χ0) is 15.1. The minimum absolute atomic E-state index is 0.361. The fraction of sp³-hybridized carbons (Fsp3) is 0.333. The Morgan fingerprint density at radius 2 is 1.71 bits per heavy atom. The molecule has 0 aliphatic rings. The van der Waals surface area contributed by atoms with Gasteiger partial charge in [0, 0.05) is 10.5 Å². The van der Waals surface area contributed by atoms with Crippen LogP contribution in [0, 0.1) is 5.92 Å². The van der Waals surface area contributed by atoms with E-state index in [1.165, 1.54) is 5.56 Å². The van der Waals surface area contributed by atoms with Gasteiger partial charge in [0.1, 0.15) is 5.75 Å². The Morgan fingerprint density at radius 3 is 2.33 bits per heavy atom. The number of ether oxygens (including phenoxy) is 1. The smallest absolute Gasteiger partial charge is 0.119 e. The SMILES string of the molecule is CNC(c1ccccc1)C(C)CCOc1ccc(Br)cc1. The summed E-state index contributed by atoms with van der Waals surface area (Å²) in [5.74, 6) is 1.43. The van der Waals surface area contributed by atoms with E-state index in [0.29, 0.717) is 12.0 Å². The van der Waals surface area contributed by atoms with Crippen molar-refractivity contribution in [1.29, 1.82) is 0 Å². The van der Waals surface area contributed by atoms with E-state index >= 15 is 0 Å². The maximum atomic E-state index is 5.81. The maximum Gasteiger partial charge on any atom is 0.119 e. The molecule has 0 radical (unpaired) electrons. The Morgan fingerprint density at radius 1 is 1.05 bits per heavy atom. The summed E-state index contributed by atoms with van der Waals surface area (Å²) in [4.78, 5) is 0. The standard InChI is InChI=1S/C18H22BrNO/c1-14(18(20-2)15-6-4-3-5-7-15)12-13-21-17-10-8-16(19)9-11-17/h3-11,14,18,20H,12-13H2,1-2H3. The number of hydrogen-bond donors (Lipinski definition) is 1. The first kappa shape index (κ1) is 16.1. The minimum atomic E-state index is 0.361. The van der Waals surface area contributed by atoms with Crippen molar-refractivity contribution < 1.29 is 4.74 Å². The van der Waals surface area contributed by atoms with Crippen molar-refractivity contribution in [2.45, 2.75) is 19.4 Å². The molecule has 0 bridgehead atoms. The third kappa shape index (κ3) is 4.87. The molecule has 0 aliphatic heterocycles. The van der Waals surface area contributed by atoms with Crippen molar-refractivity contribution in [2.24, 2.45) is 5.92 Å². The van der Waals surface area contributed by atoms with Crippen LogP contribution in [0.5, 0.6) is 5.75 Å². The normalized spacial score (nSPS) is 13.7. The van der Waals surface area contributed by atoms with Gasteiger partial charge in [0.15, 0.2) is 0 Å². The molecule has 2 aromatic carbocycles. The molecule has 2 nitrogen and oxygen atoms in total. The van der Waals surface area contributed by atoms with Crippen LogP contribution in [0.1, 0.15) is 24.9 Å². The monoisotopic (exact) mass is 347 g/mol. The Bertz CT molecular complexity index is 527. The predicted octanol–water partition coefficient (Wildman–Crippen LogP) is 4.81. The van der Waals surface area contributed by atoms with Crippen LogP contribution >= 0.6 is 15.9 Å². The fourth-order valence-corrected chi connectivity index (χ4v) is 2.76. The van der Waals surface area contributed by atoms with Gasteiger partial charge in [-0.05, 0) is 49.2 Å². The first-order chi connectivity index (χ1) is 10.2. The average molecular weight is 348 g/mol. The summed E-state index contributed by atoms with van der Waals surface area (Å²) in [5.41, 5.74) is 1.33. The molecule has 0 amide bonds. The van der Waals surface area contributed by atoms with Crippen LogP contribution in [0.25, 0.3) is 0 Å². The average Bonchev–Trinajstić information content (AvgIpc) is 2.51. The van der Waals surface area contributed by atoms with Gasteiger partial charge in [0.2, 0.25) is 0 Å². The van der Waals surface area contributed by atoms with Gasteiger partial charge in [-0.1, -0.05) is 53.2 Å². The van der Waals surface area contributed by atoms with Gasteiger partial charge in [-0.15, -0.1) is 0 Å². The number of benzene rings is 2. The number of rotatable bonds is 7. The summed E-state index contributed by atoms with van der Waals surface area (Å²) in [6.45, 7) is 2.99. The molecule has 21 heavy (non-hydrogen) atoms. The topological polar surface area (TPSA) is 21.3 Å². The molecule has 2 rings (SSSR count). The largest absolute Gasteiger partial charge is 0.494 e. The quantitative estimate of drug-likeness (QED) is 0.775. The Labute approximate surface area is 135 Å². The molecule has 2 unspecified atom stereocenters. The molecule has 2 atom stereocenters. The maximum absolute atomic E-state index is 5.81. The molecule has 0 aromatic heterocycles. The third-order valence-electron chi connectivity index (χ3n) is 3.69. The lowest BCUT2D eigenvalue weighted by atomic mass is 9.92. The van der Waals surface area contributed by atoms with Crippen LogP contribution < -0.4 is 10.1 Å². The van der Waals surface area contributed by atoms with Crippen molar-refractivity contribution in [3.8, 4) is 5.75 Å². The Balaban J connectivity index is 1.85. The molecule has 0 fully saturated rings. The molecular formula is C18H22BrNO. The zero-order valence-corrected chi connectivity index (χ0v) is 14.1. The molecule has 2 aromatic rings. The molecule has 112 valence electrons. The van der Waals surface area contributed by atoms with E-state index < -0.39 is 0 Å². The Hall–Kier alpha value is -1.32. The van der Waals surface area contributed by atoms with E-state index in [9.17, 15) is 0 Å². The van der Waals surface area contributed by atoms with Gasteiger partial charge < -0.3 is 10.1 Å². The molecule has 0 aliphatic carbocycles. The molecule has 0 heterocycles. The second-order valence-electron chi connectivity index (χ2n) is 5.25. The fourth-order valence-electron chi connectivity index (χ4n) is 2.50. The molecule has 0 saturated carbocycles. The van der Waals surface area contributed by atoms with E-state index in [2.05, 4.69) is 58.5 Å². The molecular weight excluding hydrogens is 326 g/mol. The summed E-state index contributed by atoms with van der Waals surface area (Å²) in [6.07, 6.45) is 1.01. The van der Waals surface area contributed by atoms with E-state index in [0.717, 1.165) is 23.2 Å². The first-order valence-electron chi connectivity index (χ1n) is 7.31. The molecule has 1 N–H and O–H groups in total. The molecule has 0 saturated heterocycles. The number of halogens is 1. The van der Waals surface area contributed by atoms with Crippen LogP contribution in [-0.2, 0) is 0 Å². The van der Waals surface area contributed by atoms with Crippen LogP contribution in [0.15, 0.2) is 59.1 Å². The zero-order valence-electron chi connectivity index (χ0n) is 12.6. The van der Waals surface area contributed by atoms with Crippen LogP contribution in [0.4, 0.5) is 0 Å². The predicted molar refractivity (Wildman–Crippen MR) is 91.7 cm³/mol. The lowest BCUT2D eigenvalue weighted by Gasteiger charge is -2.24. The first-order valence-corrected chi connectivity index (χ1v) is 8.10. The van der Waals surface area contributed by atoms with Crippen molar-refractivity contribution >= 4 is 15.9 Å². The van der Waals surface area contributed by atoms with E-state index in [-0.39, 0.29) is 0 Å². The van der Waals surface area contributed by atoms with Gasteiger partial charge in [0.05, 0.1) is 6.61 Å². The van der Waals surface area contributed by atoms with Crippen molar-refractivity contribution in [3.63, 3.8) is 0 Å². The van der Waals surface area contributed by atoms with Crippen LogP contribution in [0.2, 0.25) is 0 Å². The molecule has 3 heteroatoms. The Kier molecular flexibility index (Phi) is 6.27. The van der Waals surface area contributed by atoms with Crippen molar-refractivity contribution in [1.82, 2.24) is 5.32 Å². The van der Waals surface area contributed by atoms with Crippen molar-refractivity contribution in [2.75, 3.05) is 13.7 Å². The lowest BCUT2D eigenvalue weighted by molar-refractivity contribution is 0.261. The summed E-state index contributed by atoms with van der Waals surface area (Å²) >= 11 is 3.43. The second kappa shape index (κ2) is 8.20. The van der Waals surface area contributed by atoms with Crippen LogP contribution in [0.3, 0.4) is 0 Å². The number of nitrogens with one attached hydrogen (secondary N) is 1. The highest BCUT2D eigenvalue weighted by Crippen LogP contribution is 2.24.